The van der Waals surface area contributed by atoms with Gasteiger partial charge in [-0.15, -0.1) is 0 Å². The lowest BCUT2D eigenvalue weighted by Crippen LogP contribution is -2.03. The zero-order valence-corrected chi connectivity index (χ0v) is 7.53. The number of rotatable bonds is 2. The molecule has 0 aliphatic carbocycles. The molecule has 0 aromatic carbocycles. The van der Waals surface area contributed by atoms with Crippen LogP contribution in [0, 0.1) is 0 Å². The standard InChI is InChI=1S/C3H8O2.C2H7O3P/c1-3(5)2-4;1-2-6(3,4)5/h3-5H,2H2,1H3;2H2,1H3,(H2,3,4,5). The predicted molar refractivity (Wildman–Crippen MR) is 41.4 cm³/mol. The molecule has 0 spiro atoms. The zero-order chi connectivity index (χ0) is 9.49. The molecule has 0 aromatic rings. The molecule has 1 unspecified atom stereocenters. The Hall–Kier alpha value is 0.0700. The van der Waals surface area contributed by atoms with Gasteiger partial charge in [0.05, 0.1) is 12.7 Å². The first-order valence-electron chi connectivity index (χ1n) is 3.17. The summed E-state index contributed by atoms with van der Waals surface area (Å²) in [6, 6.07) is 0. The molecule has 0 saturated carbocycles. The largest absolute Gasteiger partial charge is 0.394 e. The summed E-state index contributed by atoms with van der Waals surface area (Å²) >= 11 is 0. The van der Waals surface area contributed by atoms with Gasteiger partial charge in [-0.1, -0.05) is 6.92 Å². The van der Waals surface area contributed by atoms with Crippen LogP contribution in [-0.4, -0.2) is 38.9 Å². The van der Waals surface area contributed by atoms with E-state index < -0.39 is 13.7 Å². The Morgan fingerprint density at radius 3 is 1.64 bits per heavy atom. The number of aliphatic hydroxyl groups is 2. The normalized spacial score (nSPS) is 13.3. The molecular formula is C5H15O5P. The van der Waals surface area contributed by atoms with E-state index in [2.05, 4.69) is 0 Å². The topological polar surface area (TPSA) is 98.0 Å². The van der Waals surface area contributed by atoms with Crippen molar-refractivity contribution in [2.75, 3.05) is 12.8 Å². The average Bonchev–Trinajstić information content (AvgIpc) is 1.88. The van der Waals surface area contributed by atoms with Crippen molar-refractivity contribution in [3.8, 4) is 0 Å². The van der Waals surface area contributed by atoms with Crippen LogP contribution in [0.5, 0.6) is 0 Å². The van der Waals surface area contributed by atoms with Crippen LogP contribution in [0.25, 0.3) is 0 Å². The Labute approximate surface area is 65.8 Å². The summed E-state index contributed by atoms with van der Waals surface area (Å²) in [5.74, 6) is 0. The quantitative estimate of drug-likeness (QED) is 0.437. The summed E-state index contributed by atoms with van der Waals surface area (Å²) in [7, 11) is -3.65. The van der Waals surface area contributed by atoms with Gasteiger partial charge in [-0.3, -0.25) is 4.57 Å². The van der Waals surface area contributed by atoms with Crippen molar-refractivity contribution in [3.05, 3.63) is 0 Å². The van der Waals surface area contributed by atoms with Crippen molar-refractivity contribution < 1.29 is 24.6 Å². The molecule has 70 valence electrons. The summed E-state index contributed by atoms with van der Waals surface area (Å²) in [4.78, 5) is 15.9. The van der Waals surface area contributed by atoms with Gasteiger partial charge in [-0.05, 0) is 6.92 Å². The van der Waals surface area contributed by atoms with Crippen LogP contribution in [0.3, 0.4) is 0 Å². The molecule has 11 heavy (non-hydrogen) atoms. The zero-order valence-electron chi connectivity index (χ0n) is 6.64. The lowest BCUT2D eigenvalue weighted by Gasteiger charge is -1.92. The number of hydrogen-bond donors (Lipinski definition) is 4. The minimum atomic E-state index is -3.65. The molecule has 5 nitrogen and oxygen atoms in total. The van der Waals surface area contributed by atoms with Gasteiger partial charge >= 0.3 is 7.60 Å². The van der Waals surface area contributed by atoms with Crippen LogP contribution >= 0.6 is 7.60 Å². The van der Waals surface area contributed by atoms with E-state index in [1.54, 1.807) is 0 Å². The summed E-state index contributed by atoms with van der Waals surface area (Å²) in [6.07, 6.45) is -0.623. The fourth-order valence-electron chi connectivity index (χ4n) is 0. The van der Waals surface area contributed by atoms with E-state index >= 15 is 0 Å². The Morgan fingerprint density at radius 1 is 1.45 bits per heavy atom. The van der Waals surface area contributed by atoms with Crippen molar-refractivity contribution in [1.82, 2.24) is 0 Å². The summed E-state index contributed by atoms with van der Waals surface area (Å²) < 4.78 is 9.69. The smallest absolute Gasteiger partial charge is 0.325 e. The van der Waals surface area contributed by atoms with E-state index in [0.717, 1.165) is 0 Å². The summed E-state index contributed by atoms with van der Waals surface area (Å²) in [6.45, 7) is 2.83. The van der Waals surface area contributed by atoms with Gasteiger partial charge in [-0.25, -0.2) is 0 Å². The highest BCUT2D eigenvalue weighted by molar-refractivity contribution is 7.51. The fourth-order valence-corrected chi connectivity index (χ4v) is 0. The molecule has 0 aliphatic rings. The average molecular weight is 186 g/mol. The fraction of sp³-hybridized carbons (Fsp3) is 1.00. The summed E-state index contributed by atoms with van der Waals surface area (Å²) in [5.41, 5.74) is 0. The third-order valence-electron chi connectivity index (χ3n) is 0.676. The van der Waals surface area contributed by atoms with Crippen molar-refractivity contribution >= 4 is 7.60 Å². The van der Waals surface area contributed by atoms with Crippen LogP contribution in [-0.2, 0) is 4.57 Å². The molecule has 0 aliphatic heterocycles. The lowest BCUT2D eigenvalue weighted by atomic mass is 10.5. The van der Waals surface area contributed by atoms with Gasteiger partial charge in [0.1, 0.15) is 0 Å². The Balaban J connectivity index is 0. The molecule has 0 heterocycles. The van der Waals surface area contributed by atoms with Crippen LogP contribution in [0.2, 0.25) is 0 Å². The third kappa shape index (κ3) is 25.5. The van der Waals surface area contributed by atoms with Gasteiger partial charge in [0.25, 0.3) is 0 Å². The maximum atomic E-state index is 9.69. The minimum absolute atomic E-state index is 0.0625. The maximum Gasteiger partial charge on any atom is 0.325 e. The molecule has 0 rings (SSSR count). The number of aliphatic hydroxyl groups excluding tert-OH is 2. The Bertz CT molecular complexity index is 118. The van der Waals surface area contributed by atoms with Crippen LogP contribution in [0.15, 0.2) is 0 Å². The highest BCUT2D eigenvalue weighted by Crippen LogP contribution is 2.32. The molecule has 0 bridgehead atoms. The van der Waals surface area contributed by atoms with Crippen molar-refractivity contribution in [2.24, 2.45) is 0 Å². The van der Waals surface area contributed by atoms with E-state index in [1.807, 2.05) is 0 Å². The SMILES string of the molecule is CC(O)CO.CCP(=O)(O)O. The second kappa shape index (κ2) is 6.76. The first-order chi connectivity index (χ1) is 4.83. The molecule has 1 atom stereocenters. The molecule has 0 radical (unpaired) electrons. The first-order valence-corrected chi connectivity index (χ1v) is 4.96. The lowest BCUT2D eigenvalue weighted by molar-refractivity contribution is 0.110. The van der Waals surface area contributed by atoms with Gasteiger partial charge in [0.2, 0.25) is 0 Å². The highest BCUT2D eigenvalue weighted by atomic mass is 31.2. The second-order valence-corrected chi connectivity index (χ2v) is 3.97. The monoisotopic (exact) mass is 186 g/mol. The molecule has 6 heteroatoms. The van der Waals surface area contributed by atoms with Gasteiger partial charge in [-0.2, -0.15) is 0 Å². The van der Waals surface area contributed by atoms with Crippen molar-refractivity contribution in [2.45, 2.75) is 20.0 Å². The highest BCUT2D eigenvalue weighted by Gasteiger charge is 2.05. The van der Waals surface area contributed by atoms with E-state index in [9.17, 15) is 4.57 Å². The molecule has 0 aromatic heterocycles. The van der Waals surface area contributed by atoms with Crippen LogP contribution < -0.4 is 0 Å². The van der Waals surface area contributed by atoms with E-state index in [1.165, 1.54) is 13.8 Å². The molecule has 0 fully saturated rings. The molecular weight excluding hydrogens is 171 g/mol. The predicted octanol–water partition coefficient (Wildman–Crippen LogP) is -0.457. The Kier molecular flexibility index (Phi) is 8.39. The third-order valence-corrected chi connectivity index (χ3v) is 1.50. The Morgan fingerprint density at radius 2 is 1.64 bits per heavy atom. The minimum Gasteiger partial charge on any atom is -0.394 e. The van der Waals surface area contributed by atoms with Gasteiger partial charge < -0.3 is 20.0 Å². The van der Waals surface area contributed by atoms with Gasteiger partial charge in [0, 0.05) is 6.16 Å². The summed E-state index contributed by atoms with van der Waals surface area (Å²) in [5, 5.41) is 16.0. The van der Waals surface area contributed by atoms with Crippen molar-refractivity contribution in [3.63, 3.8) is 0 Å². The maximum absolute atomic E-state index is 9.69. The van der Waals surface area contributed by atoms with E-state index in [4.69, 9.17) is 20.0 Å². The van der Waals surface area contributed by atoms with E-state index in [-0.39, 0.29) is 12.8 Å². The number of hydrogen-bond acceptors (Lipinski definition) is 3. The van der Waals surface area contributed by atoms with Crippen LogP contribution in [0.1, 0.15) is 13.8 Å². The molecule has 0 saturated heterocycles. The van der Waals surface area contributed by atoms with Gasteiger partial charge in [0.15, 0.2) is 0 Å². The first kappa shape index (κ1) is 13.6. The molecule has 0 amide bonds. The van der Waals surface area contributed by atoms with Crippen LogP contribution in [0.4, 0.5) is 0 Å². The van der Waals surface area contributed by atoms with Crippen molar-refractivity contribution in [1.29, 1.82) is 0 Å². The second-order valence-electron chi connectivity index (χ2n) is 2.01. The van der Waals surface area contributed by atoms with E-state index in [0.29, 0.717) is 0 Å². The molecule has 4 N–H and O–H groups in total.